The molecule has 1 unspecified atom stereocenters. The first-order valence-corrected chi connectivity index (χ1v) is 7.49. The quantitative estimate of drug-likeness (QED) is 0.917. The highest BCUT2D eigenvalue weighted by Crippen LogP contribution is 2.50. The molecular weight excluding hydrogens is 262 g/mol. The molecular formula is C17H21N3O. The maximum absolute atomic E-state index is 10.8. The molecule has 0 aromatic carbocycles. The zero-order valence-corrected chi connectivity index (χ0v) is 12.6. The molecule has 0 aliphatic heterocycles. The van der Waals surface area contributed by atoms with Crippen LogP contribution < -0.4 is 0 Å². The van der Waals surface area contributed by atoms with Crippen LogP contribution in [0.25, 0.3) is 5.65 Å². The molecule has 0 bridgehead atoms. The van der Waals surface area contributed by atoms with E-state index in [0.29, 0.717) is 5.69 Å². The third-order valence-corrected chi connectivity index (χ3v) is 4.90. The molecule has 0 saturated heterocycles. The lowest BCUT2D eigenvalue weighted by molar-refractivity contribution is 0.00728. The van der Waals surface area contributed by atoms with Crippen LogP contribution >= 0.6 is 0 Å². The van der Waals surface area contributed by atoms with E-state index < -0.39 is 11.5 Å². The Morgan fingerprint density at radius 1 is 1.29 bits per heavy atom. The van der Waals surface area contributed by atoms with Gasteiger partial charge in [0.15, 0.2) is 0 Å². The van der Waals surface area contributed by atoms with E-state index in [9.17, 15) is 10.4 Å². The number of nitriles is 1. The highest BCUT2D eigenvalue weighted by Gasteiger charge is 2.45. The SMILES string of the molecule is CC1(C)CCC(C#N)(C(O)c2cn3ccccc3n2)CC1. The summed E-state index contributed by atoms with van der Waals surface area (Å²) in [6.45, 7) is 4.46. The Hall–Kier alpha value is -1.86. The average Bonchev–Trinajstić information content (AvgIpc) is 2.91. The van der Waals surface area contributed by atoms with Gasteiger partial charge in [-0.2, -0.15) is 5.26 Å². The van der Waals surface area contributed by atoms with Crippen LogP contribution in [0.5, 0.6) is 0 Å². The van der Waals surface area contributed by atoms with E-state index >= 15 is 0 Å². The van der Waals surface area contributed by atoms with Crippen LogP contribution in [0.4, 0.5) is 0 Å². The number of nitrogens with zero attached hydrogens (tertiary/aromatic N) is 3. The van der Waals surface area contributed by atoms with Gasteiger partial charge in [-0.15, -0.1) is 0 Å². The topological polar surface area (TPSA) is 61.3 Å². The molecule has 3 rings (SSSR count). The van der Waals surface area contributed by atoms with Gasteiger partial charge in [0, 0.05) is 12.4 Å². The van der Waals surface area contributed by atoms with Crippen molar-refractivity contribution in [2.24, 2.45) is 10.8 Å². The summed E-state index contributed by atoms with van der Waals surface area (Å²) in [5, 5.41) is 20.4. The summed E-state index contributed by atoms with van der Waals surface area (Å²) in [6.07, 6.45) is 6.30. The fourth-order valence-corrected chi connectivity index (χ4v) is 3.19. The van der Waals surface area contributed by atoms with Crippen molar-refractivity contribution in [3.05, 3.63) is 36.3 Å². The summed E-state index contributed by atoms with van der Waals surface area (Å²) in [5.41, 5.74) is 0.963. The van der Waals surface area contributed by atoms with E-state index in [0.717, 1.165) is 31.3 Å². The van der Waals surface area contributed by atoms with Crippen molar-refractivity contribution in [1.82, 2.24) is 9.38 Å². The number of aliphatic hydroxyl groups excluding tert-OH is 1. The molecule has 1 aliphatic carbocycles. The number of fused-ring (bicyclic) bond motifs is 1. The summed E-state index contributed by atoms with van der Waals surface area (Å²) < 4.78 is 1.89. The predicted octanol–water partition coefficient (Wildman–Crippen LogP) is 3.48. The molecule has 1 aliphatic rings. The maximum Gasteiger partial charge on any atom is 0.137 e. The van der Waals surface area contributed by atoms with Gasteiger partial charge >= 0.3 is 0 Å². The van der Waals surface area contributed by atoms with Gasteiger partial charge in [-0.1, -0.05) is 19.9 Å². The molecule has 2 aromatic heterocycles. The molecule has 0 radical (unpaired) electrons. The Kier molecular flexibility index (Phi) is 3.26. The first-order valence-electron chi connectivity index (χ1n) is 7.49. The number of hydrogen-bond acceptors (Lipinski definition) is 3. The van der Waals surface area contributed by atoms with Gasteiger partial charge in [-0.05, 0) is 43.2 Å². The number of pyridine rings is 1. The van der Waals surface area contributed by atoms with E-state index in [1.807, 2.05) is 35.0 Å². The van der Waals surface area contributed by atoms with Crippen molar-refractivity contribution in [1.29, 1.82) is 5.26 Å². The van der Waals surface area contributed by atoms with E-state index in [2.05, 4.69) is 24.9 Å². The third-order valence-electron chi connectivity index (χ3n) is 4.90. The molecule has 4 heteroatoms. The molecule has 1 atom stereocenters. The monoisotopic (exact) mass is 283 g/mol. The molecule has 1 fully saturated rings. The third kappa shape index (κ3) is 2.43. The smallest absolute Gasteiger partial charge is 0.137 e. The number of hydrogen-bond donors (Lipinski definition) is 1. The van der Waals surface area contributed by atoms with Crippen molar-refractivity contribution in [3.8, 4) is 6.07 Å². The molecule has 4 nitrogen and oxygen atoms in total. The second kappa shape index (κ2) is 4.85. The minimum absolute atomic E-state index is 0.263. The number of aliphatic hydroxyl groups is 1. The van der Waals surface area contributed by atoms with Crippen molar-refractivity contribution < 1.29 is 5.11 Å². The van der Waals surface area contributed by atoms with Crippen molar-refractivity contribution in [2.75, 3.05) is 0 Å². The highest BCUT2D eigenvalue weighted by molar-refractivity contribution is 5.40. The summed E-state index contributed by atoms with van der Waals surface area (Å²) >= 11 is 0. The number of imidazole rings is 1. The largest absolute Gasteiger partial charge is 0.385 e. The fraction of sp³-hybridized carbons (Fsp3) is 0.529. The van der Waals surface area contributed by atoms with Crippen LogP contribution in [0.15, 0.2) is 30.6 Å². The summed E-state index contributed by atoms with van der Waals surface area (Å²) in [4.78, 5) is 4.48. The first kappa shape index (κ1) is 14.1. The first-order chi connectivity index (χ1) is 9.96. The van der Waals surface area contributed by atoms with Crippen LogP contribution in [-0.2, 0) is 0 Å². The summed E-state index contributed by atoms with van der Waals surface area (Å²) in [6, 6.07) is 8.14. The Labute approximate surface area is 125 Å². The lowest BCUT2D eigenvalue weighted by atomic mass is 9.63. The number of aromatic nitrogens is 2. The normalized spacial score (nSPS) is 21.8. The molecule has 1 N–H and O–H groups in total. The van der Waals surface area contributed by atoms with E-state index in [-0.39, 0.29) is 5.41 Å². The van der Waals surface area contributed by atoms with Crippen LogP contribution in [0.2, 0.25) is 0 Å². The van der Waals surface area contributed by atoms with Gasteiger partial charge in [0.05, 0.1) is 17.2 Å². The Bertz CT molecular complexity index is 652. The Morgan fingerprint density at radius 3 is 2.62 bits per heavy atom. The van der Waals surface area contributed by atoms with Crippen molar-refractivity contribution >= 4 is 5.65 Å². The number of rotatable bonds is 2. The van der Waals surface area contributed by atoms with Gasteiger partial charge in [-0.25, -0.2) is 4.98 Å². The molecule has 2 heterocycles. The zero-order valence-electron chi connectivity index (χ0n) is 12.6. The molecule has 0 amide bonds. The second-order valence-corrected chi connectivity index (χ2v) is 6.97. The minimum Gasteiger partial charge on any atom is -0.385 e. The fourth-order valence-electron chi connectivity index (χ4n) is 3.19. The second-order valence-electron chi connectivity index (χ2n) is 6.97. The summed E-state index contributed by atoms with van der Waals surface area (Å²) in [5.74, 6) is 0. The highest BCUT2D eigenvalue weighted by atomic mass is 16.3. The Balaban J connectivity index is 1.92. The van der Waals surface area contributed by atoms with Crippen LogP contribution in [0.1, 0.15) is 51.3 Å². The van der Waals surface area contributed by atoms with Gasteiger partial charge in [0.25, 0.3) is 0 Å². The van der Waals surface area contributed by atoms with Crippen LogP contribution in [0, 0.1) is 22.2 Å². The van der Waals surface area contributed by atoms with Crippen molar-refractivity contribution in [3.63, 3.8) is 0 Å². The van der Waals surface area contributed by atoms with Gasteiger partial charge in [0.1, 0.15) is 11.8 Å². The molecule has 110 valence electrons. The van der Waals surface area contributed by atoms with Gasteiger partial charge in [0.2, 0.25) is 0 Å². The molecule has 0 spiro atoms. The lowest BCUT2D eigenvalue weighted by Crippen LogP contribution is -2.35. The standard InChI is InChI=1S/C17H21N3O/c1-16(2)6-8-17(12-18,9-7-16)15(21)13-11-20-10-4-3-5-14(20)19-13/h3-5,10-11,15,21H,6-9H2,1-2H3. The average molecular weight is 283 g/mol. The van der Waals surface area contributed by atoms with Gasteiger partial charge in [-0.3, -0.25) is 0 Å². The minimum atomic E-state index is -0.821. The Morgan fingerprint density at radius 2 is 2.00 bits per heavy atom. The zero-order chi connectivity index (χ0) is 15.1. The molecule has 21 heavy (non-hydrogen) atoms. The van der Waals surface area contributed by atoms with E-state index in [1.54, 1.807) is 0 Å². The maximum atomic E-state index is 10.8. The molecule has 2 aromatic rings. The van der Waals surface area contributed by atoms with Crippen LogP contribution in [-0.4, -0.2) is 14.5 Å². The lowest BCUT2D eigenvalue weighted by Gasteiger charge is -2.41. The molecule has 1 saturated carbocycles. The van der Waals surface area contributed by atoms with Crippen molar-refractivity contribution in [2.45, 2.75) is 45.6 Å². The van der Waals surface area contributed by atoms with E-state index in [1.165, 1.54) is 0 Å². The van der Waals surface area contributed by atoms with Crippen LogP contribution in [0.3, 0.4) is 0 Å². The predicted molar refractivity (Wildman–Crippen MR) is 80.4 cm³/mol. The van der Waals surface area contributed by atoms with Gasteiger partial charge < -0.3 is 9.51 Å². The summed E-state index contributed by atoms with van der Waals surface area (Å²) in [7, 11) is 0. The van der Waals surface area contributed by atoms with E-state index in [4.69, 9.17) is 0 Å².